The van der Waals surface area contributed by atoms with Gasteiger partial charge in [-0.2, -0.15) is 0 Å². The molecule has 0 heterocycles. The first kappa shape index (κ1) is 16.4. The third-order valence-electron chi connectivity index (χ3n) is 3.18. The fraction of sp³-hybridized carbons (Fsp3) is 0.812. The second-order valence-electron chi connectivity index (χ2n) is 5.48. The highest BCUT2D eigenvalue weighted by molar-refractivity contribution is 5.94. The molecule has 0 amide bonds. The molecule has 1 nitrogen and oxygen atoms in total. The molecule has 0 aliphatic rings. The summed E-state index contributed by atoms with van der Waals surface area (Å²) in [4.78, 5) is 11.7. The van der Waals surface area contributed by atoms with Crippen LogP contribution in [0.4, 0.5) is 0 Å². The van der Waals surface area contributed by atoms with Gasteiger partial charge >= 0.3 is 0 Å². The Bertz CT molecular complexity index is 216. The predicted molar refractivity (Wildman–Crippen MR) is 76.2 cm³/mol. The van der Waals surface area contributed by atoms with Crippen LogP contribution in [-0.4, -0.2) is 5.78 Å². The van der Waals surface area contributed by atoms with Crippen LogP contribution in [0, 0.1) is 5.92 Å². The number of carbonyl (C=O) groups is 1. The molecule has 0 unspecified atom stereocenters. The molecule has 0 fully saturated rings. The minimum Gasteiger partial charge on any atom is -0.295 e. The Kier molecular flexibility index (Phi) is 10.2. The van der Waals surface area contributed by atoms with Gasteiger partial charge in [-0.05, 0) is 30.8 Å². The van der Waals surface area contributed by atoms with Crippen LogP contribution in [0.2, 0.25) is 0 Å². The van der Waals surface area contributed by atoms with E-state index in [0.29, 0.717) is 18.1 Å². The van der Waals surface area contributed by atoms with Gasteiger partial charge in [0.1, 0.15) is 0 Å². The Labute approximate surface area is 108 Å². The lowest BCUT2D eigenvalue weighted by Gasteiger charge is -2.07. The quantitative estimate of drug-likeness (QED) is 0.353. The fourth-order valence-electron chi connectivity index (χ4n) is 1.84. The number of rotatable bonds is 11. The Morgan fingerprint density at radius 2 is 1.59 bits per heavy atom. The monoisotopic (exact) mass is 238 g/mol. The smallest absolute Gasteiger partial charge is 0.158 e. The van der Waals surface area contributed by atoms with Gasteiger partial charge in [0.2, 0.25) is 0 Å². The first-order valence-corrected chi connectivity index (χ1v) is 7.28. The van der Waals surface area contributed by atoms with Crippen molar-refractivity contribution in [1.82, 2.24) is 0 Å². The lowest BCUT2D eigenvalue weighted by atomic mass is 9.98. The minimum atomic E-state index is 0.293. The van der Waals surface area contributed by atoms with Crippen LogP contribution < -0.4 is 0 Å². The van der Waals surface area contributed by atoms with E-state index in [0.717, 1.165) is 24.8 Å². The molecule has 0 spiro atoms. The molecule has 0 N–H and O–H groups in total. The summed E-state index contributed by atoms with van der Waals surface area (Å²) in [6, 6.07) is 0. The molecule has 0 saturated carbocycles. The first-order chi connectivity index (χ1) is 8.07. The van der Waals surface area contributed by atoms with Crippen molar-refractivity contribution in [3.8, 4) is 0 Å². The zero-order valence-corrected chi connectivity index (χ0v) is 12.1. The van der Waals surface area contributed by atoms with Crippen LogP contribution in [0.5, 0.6) is 0 Å². The van der Waals surface area contributed by atoms with Crippen LogP contribution in [0.3, 0.4) is 0 Å². The van der Waals surface area contributed by atoms with Gasteiger partial charge in [0.05, 0.1) is 0 Å². The molecule has 0 radical (unpaired) electrons. The van der Waals surface area contributed by atoms with Crippen molar-refractivity contribution in [2.45, 2.75) is 78.6 Å². The zero-order chi connectivity index (χ0) is 13.1. The van der Waals surface area contributed by atoms with Gasteiger partial charge in [-0.15, -0.1) is 0 Å². The van der Waals surface area contributed by atoms with Crippen molar-refractivity contribution >= 4 is 5.78 Å². The van der Waals surface area contributed by atoms with E-state index in [1.807, 2.05) is 0 Å². The van der Waals surface area contributed by atoms with E-state index in [9.17, 15) is 4.79 Å². The highest BCUT2D eigenvalue weighted by Gasteiger charge is 2.07. The number of unbranched alkanes of at least 4 members (excludes halogenated alkanes) is 5. The maximum atomic E-state index is 11.7. The Morgan fingerprint density at radius 3 is 2.18 bits per heavy atom. The van der Waals surface area contributed by atoms with E-state index >= 15 is 0 Å². The standard InChI is InChI=1S/C16H30O/c1-5-6-7-8-9-10-11-16(17)15(4)13-12-14(2)3/h14H,4-13H2,1-3H3. The Balaban J connectivity index is 3.47. The molecule has 0 aromatic carbocycles. The van der Waals surface area contributed by atoms with Crippen LogP contribution in [0.1, 0.15) is 78.6 Å². The highest BCUT2D eigenvalue weighted by atomic mass is 16.1. The lowest BCUT2D eigenvalue weighted by molar-refractivity contribution is -0.115. The Morgan fingerprint density at radius 1 is 1.00 bits per heavy atom. The average Bonchev–Trinajstić information content (AvgIpc) is 2.30. The number of Topliss-reactive ketones (excluding diaryl/α,β-unsaturated/α-hetero) is 1. The molecule has 0 rings (SSSR count). The third kappa shape index (κ3) is 10.3. The number of ketones is 1. The van der Waals surface area contributed by atoms with Crippen LogP contribution in [-0.2, 0) is 4.79 Å². The first-order valence-electron chi connectivity index (χ1n) is 7.28. The molecule has 0 atom stereocenters. The second-order valence-corrected chi connectivity index (χ2v) is 5.48. The Hall–Kier alpha value is -0.590. The van der Waals surface area contributed by atoms with Gasteiger partial charge in [-0.25, -0.2) is 0 Å². The van der Waals surface area contributed by atoms with Crippen molar-refractivity contribution in [3.05, 3.63) is 12.2 Å². The summed E-state index contributed by atoms with van der Waals surface area (Å²) < 4.78 is 0. The minimum absolute atomic E-state index is 0.293. The molecule has 17 heavy (non-hydrogen) atoms. The molecule has 0 aliphatic heterocycles. The third-order valence-corrected chi connectivity index (χ3v) is 3.18. The van der Waals surface area contributed by atoms with Crippen molar-refractivity contribution in [1.29, 1.82) is 0 Å². The van der Waals surface area contributed by atoms with E-state index in [-0.39, 0.29) is 0 Å². The van der Waals surface area contributed by atoms with Crippen LogP contribution in [0.25, 0.3) is 0 Å². The molecule has 1 heteroatoms. The molecule has 100 valence electrons. The molecule has 0 bridgehead atoms. The predicted octanol–water partition coefficient (Wildman–Crippen LogP) is 5.30. The van der Waals surface area contributed by atoms with Gasteiger partial charge in [-0.3, -0.25) is 4.79 Å². The van der Waals surface area contributed by atoms with Crippen molar-refractivity contribution in [2.24, 2.45) is 5.92 Å². The number of hydrogen-bond acceptors (Lipinski definition) is 1. The topological polar surface area (TPSA) is 17.1 Å². The van der Waals surface area contributed by atoms with Crippen molar-refractivity contribution < 1.29 is 4.79 Å². The van der Waals surface area contributed by atoms with Gasteiger partial charge in [-0.1, -0.05) is 59.5 Å². The normalized spacial score (nSPS) is 10.8. The van der Waals surface area contributed by atoms with E-state index in [1.165, 1.54) is 32.1 Å². The largest absolute Gasteiger partial charge is 0.295 e. The molecule has 0 aromatic rings. The average molecular weight is 238 g/mol. The summed E-state index contributed by atoms with van der Waals surface area (Å²) in [5.74, 6) is 0.953. The summed E-state index contributed by atoms with van der Waals surface area (Å²) in [6.07, 6.45) is 10.1. The number of hydrogen-bond donors (Lipinski definition) is 0. The SMILES string of the molecule is C=C(CCC(C)C)C(=O)CCCCCCCC. The molecule has 0 saturated heterocycles. The second kappa shape index (κ2) is 10.6. The van der Waals surface area contributed by atoms with Gasteiger partial charge in [0, 0.05) is 6.42 Å². The molecular formula is C16H30O. The van der Waals surface area contributed by atoms with E-state index in [4.69, 9.17) is 0 Å². The summed E-state index contributed by atoms with van der Waals surface area (Å²) >= 11 is 0. The zero-order valence-electron chi connectivity index (χ0n) is 12.1. The number of carbonyl (C=O) groups excluding carboxylic acids is 1. The van der Waals surface area contributed by atoms with Crippen LogP contribution in [0.15, 0.2) is 12.2 Å². The molecule has 0 aromatic heterocycles. The summed E-state index contributed by atoms with van der Waals surface area (Å²) in [7, 11) is 0. The van der Waals surface area contributed by atoms with Crippen molar-refractivity contribution in [2.75, 3.05) is 0 Å². The van der Waals surface area contributed by atoms with E-state index < -0.39 is 0 Å². The van der Waals surface area contributed by atoms with Gasteiger partial charge in [0.25, 0.3) is 0 Å². The summed E-state index contributed by atoms with van der Waals surface area (Å²) in [5, 5.41) is 0. The van der Waals surface area contributed by atoms with Gasteiger partial charge in [0.15, 0.2) is 5.78 Å². The molecular weight excluding hydrogens is 208 g/mol. The summed E-state index contributed by atoms with van der Waals surface area (Å²) in [5.41, 5.74) is 0.840. The fourth-order valence-corrected chi connectivity index (χ4v) is 1.84. The lowest BCUT2D eigenvalue weighted by Crippen LogP contribution is -2.02. The maximum absolute atomic E-state index is 11.7. The summed E-state index contributed by atoms with van der Waals surface area (Å²) in [6.45, 7) is 10.5. The van der Waals surface area contributed by atoms with Crippen LogP contribution >= 0.6 is 0 Å². The highest BCUT2D eigenvalue weighted by Crippen LogP contribution is 2.14. The number of allylic oxidation sites excluding steroid dienone is 1. The van der Waals surface area contributed by atoms with E-state index in [1.54, 1.807) is 0 Å². The maximum Gasteiger partial charge on any atom is 0.158 e. The molecule has 0 aliphatic carbocycles. The van der Waals surface area contributed by atoms with Gasteiger partial charge < -0.3 is 0 Å². The van der Waals surface area contributed by atoms with E-state index in [2.05, 4.69) is 27.4 Å². The van der Waals surface area contributed by atoms with Crippen molar-refractivity contribution in [3.63, 3.8) is 0 Å².